The highest BCUT2D eigenvalue weighted by Crippen LogP contribution is 2.33. The Bertz CT molecular complexity index is 748. The Balaban J connectivity index is 2.41. The molecule has 8 heteroatoms. The minimum absolute atomic E-state index is 0.0784. The summed E-state index contributed by atoms with van der Waals surface area (Å²) >= 11 is 11.6. The third-order valence-corrected chi connectivity index (χ3v) is 3.36. The Morgan fingerprint density at radius 1 is 1.24 bits per heavy atom. The predicted molar refractivity (Wildman–Crippen MR) is 80.7 cm³/mol. The van der Waals surface area contributed by atoms with Gasteiger partial charge in [-0.1, -0.05) is 35.3 Å². The summed E-state index contributed by atoms with van der Waals surface area (Å²) < 4.78 is 0. The average Bonchev–Trinajstić information content (AvgIpc) is 2.42. The maximum atomic E-state index is 11.8. The Morgan fingerprint density at radius 3 is 2.57 bits per heavy atom. The van der Waals surface area contributed by atoms with Crippen LogP contribution >= 0.6 is 23.2 Å². The number of nitro benzene ring substituents is 1. The smallest absolute Gasteiger partial charge is 0.262 e. The highest BCUT2D eigenvalue weighted by Gasteiger charge is 2.08. The van der Waals surface area contributed by atoms with Gasteiger partial charge >= 0.3 is 0 Å². The number of nitrogens with two attached hydrogens (primary N) is 1. The third kappa shape index (κ3) is 3.24. The van der Waals surface area contributed by atoms with E-state index >= 15 is 0 Å². The normalized spacial score (nSPS) is 11.0. The lowest BCUT2D eigenvalue weighted by Crippen LogP contribution is -2.01. The van der Waals surface area contributed by atoms with E-state index in [0.717, 1.165) is 6.07 Å². The highest BCUT2D eigenvalue weighted by atomic mass is 35.5. The number of rotatable bonds is 3. The number of halogens is 2. The molecule has 0 saturated carbocycles. The molecule has 108 valence electrons. The van der Waals surface area contributed by atoms with Gasteiger partial charge in [0.25, 0.3) is 5.69 Å². The second-order valence-electron chi connectivity index (χ2n) is 4.04. The Hall–Kier alpha value is -2.31. The Kier molecular flexibility index (Phi) is 4.30. The molecule has 2 N–H and O–H groups in total. The van der Waals surface area contributed by atoms with Crippen LogP contribution in [0, 0.1) is 10.1 Å². The van der Waals surface area contributed by atoms with Crippen LogP contribution in [0.25, 0.3) is 0 Å². The van der Waals surface area contributed by atoms with Crippen LogP contribution in [-0.4, -0.2) is 11.1 Å². The summed E-state index contributed by atoms with van der Waals surface area (Å²) in [6.07, 6.45) is 1.20. The molecule has 0 saturated heterocycles. The average molecular weight is 325 g/mol. The zero-order valence-electron chi connectivity index (χ0n) is 10.4. The summed E-state index contributed by atoms with van der Waals surface area (Å²) in [5.41, 5.74) is 5.88. The highest BCUT2D eigenvalue weighted by molar-refractivity contribution is 6.42. The number of para-hydroxylation sites is 1. The van der Waals surface area contributed by atoms with Crippen LogP contribution in [0.4, 0.5) is 17.1 Å². The fraction of sp³-hybridized carbons (Fsp3) is 0. The Morgan fingerprint density at radius 2 is 1.90 bits per heavy atom. The summed E-state index contributed by atoms with van der Waals surface area (Å²) in [5.74, 6) is -0.718. The molecule has 0 atom stereocenters. The number of hydrogen-bond acceptors (Lipinski definition) is 5. The maximum Gasteiger partial charge on any atom is 0.262 e. The van der Waals surface area contributed by atoms with Gasteiger partial charge < -0.3 is 10.8 Å². The standard InChI is InChI=1S/C13H9Cl2N3O3/c14-8-4-10(16)11(5-9(8)15)17-6-7-2-1-3-12(13(7)19)18(20)21/h1-6,19H,16H2/p-1. The lowest BCUT2D eigenvalue weighted by molar-refractivity contribution is -0.398. The van der Waals surface area contributed by atoms with Gasteiger partial charge in [-0.15, -0.1) is 0 Å². The molecule has 0 spiro atoms. The molecule has 21 heavy (non-hydrogen) atoms. The number of hydrogen-bond donors (Lipinski definition) is 1. The molecule has 0 heterocycles. The molecule has 6 nitrogen and oxygen atoms in total. The first kappa shape index (κ1) is 15.1. The molecule has 2 rings (SSSR count). The number of anilines is 1. The van der Waals surface area contributed by atoms with Crippen LogP contribution in [0.3, 0.4) is 0 Å². The second-order valence-corrected chi connectivity index (χ2v) is 4.85. The van der Waals surface area contributed by atoms with E-state index in [0.29, 0.717) is 5.69 Å². The van der Waals surface area contributed by atoms with Crippen molar-refractivity contribution in [2.75, 3.05) is 5.73 Å². The summed E-state index contributed by atoms with van der Waals surface area (Å²) in [4.78, 5) is 14.0. The molecule has 0 amide bonds. The summed E-state index contributed by atoms with van der Waals surface area (Å²) in [6.45, 7) is 0. The number of nitro groups is 1. The van der Waals surface area contributed by atoms with E-state index in [-0.39, 0.29) is 21.3 Å². The van der Waals surface area contributed by atoms with E-state index in [1.807, 2.05) is 0 Å². The van der Waals surface area contributed by atoms with E-state index < -0.39 is 16.4 Å². The second kappa shape index (κ2) is 5.99. The SMILES string of the molecule is Nc1cc(Cl)c(Cl)cc1N=Cc1cccc([N+](=O)[O-])c1[O-]. The van der Waals surface area contributed by atoms with Gasteiger partial charge in [0.2, 0.25) is 0 Å². The van der Waals surface area contributed by atoms with Gasteiger partial charge in [0.15, 0.2) is 0 Å². The molecule has 0 fully saturated rings. The van der Waals surface area contributed by atoms with Crippen LogP contribution in [0.2, 0.25) is 10.0 Å². The van der Waals surface area contributed by atoms with Crippen molar-refractivity contribution in [3.05, 3.63) is 56.1 Å². The molecule has 0 unspecified atom stereocenters. The van der Waals surface area contributed by atoms with Crippen LogP contribution in [-0.2, 0) is 0 Å². The molecule has 0 aliphatic heterocycles. The third-order valence-electron chi connectivity index (χ3n) is 2.63. The zero-order chi connectivity index (χ0) is 15.6. The minimum atomic E-state index is -0.743. The molecule has 2 aromatic carbocycles. The number of aliphatic imine (C=N–C) groups is 1. The van der Waals surface area contributed by atoms with Gasteiger partial charge in [0, 0.05) is 12.3 Å². The molecule has 0 aromatic heterocycles. The number of nitrogens with zero attached hydrogens (tertiary/aromatic N) is 2. The fourth-order valence-electron chi connectivity index (χ4n) is 1.59. The molecule has 0 aliphatic rings. The summed E-state index contributed by atoms with van der Waals surface area (Å²) in [5, 5.41) is 23.1. The molecule has 0 radical (unpaired) electrons. The largest absolute Gasteiger partial charge is 0.867 e. The van der Waals surface area contributed by atoms with E-state index in [1.165, 1.54) is 30.5 Å². The molecule has 0 aliphatic carbocycles. The predicted octanol–water partition coefficient (Wildman–Crippen LogP) is 3.31. The van der Waals surface area contributed by atoms with Crippen molar-refractivity contribution in [1.29, 1.82) is 0 Å². The molecule has 2 aromatic rings. The molecule has 0 bridgehead atoms. The van der Waals surface area contributed by atoms with Crippen molar-refractivity contribution in [3.8, 4) is 5.75 Å². The first-order chi connectivity index (χ1) is 9.90. The van der Waals surface area contributed by atoms with Crippen LogP contribution in [0.15, 0.2) is 35.3 Å². The fourth-order valence-corrected chi connectivity index (χ4v) is 1.92. The molecular weight excluding hydrogens is 317 g/mol. The van der Waals surface area contributed by atoms with Gasteiger partial charge in [-0.05, 0) is 23.4 Å². The van der Waals surface area contributed by atoms with Crippen LogP contribution in [0.5, 0.6) is 5.75 Å². The topological polar surface area (TPSA) is 105 Å². The van der Waals surface area contributed by atoms with Crippen molar-refractivity contribution in [2.24, 2.45) is 4.99 Å². The van der Waals surface area contributed by atoms with Crippen molar-refractivity contribution in [1.82, 2.24) is 0 Å². The van der Waals surface area contributed by atoms with Gasteiger partial charge in [-0.25, -0.2) is 0 Å². The van der Waals surface area contributed by atoms with Gasteiger partial charge in [-0.2, -0.15) is 0 Å². The summed E-state index contributed by atoms with van der Waals surface area (Å²) in [7, 11) is 0. The first-order valence-electron chi connectivity index (χ1n) is 5.63. The number of nitrogen functional groups attached to an aromatic ring is 1. The lowest BCUT2D eigenvalue weighted by atomic mass is 10.2. The van der Waals surface area contributed by atoms with Gasteiger partial charge in [0.1, 0.15) is 0 Å². The van der Waals surface area contributed by atoms with E-state index in [9.17, 15) is 15.2 Å². The molecular formula is C13H8Cl2N3O3-. The van der Waals surface area contributed by atoms with Crippen LogP contribution in [0.1, 0.15) is 5.56 Å². The first-order valence-corrected chi connectivity index (χ1v) is 6.38. The van der Waals surface area contributed by atoms with Gasteiger partial charge in [0.05, 0.1) is 26.3 Å². The maximum absolute atomic E-state index is 11.8. The van der Waals surface area contributed by atoms with E-state index in [1.54, 1.807) is 0 Å². The minimum Gasteiger partial charge on any atom is -0.867 e. The van der Waals surface area contributed by atoms with Crippen molar-refractivity contribution < 1.29 is 10.0 Å². The van der Waals surface area contributed by atoms with E-state index in [4.69, 9.17) is 28.9 Å². The lowest BCUT2D eigenvalue weighted by Gasteiger charge is -2.10. The monoisotopic (exact) mass is 324 g/mol. The van der Waals surface area contributed by atoms with E-state index in [2.05, 4.69) is 4.99 Å². The quantitative estimate of drug-likeness (QED) is 0.404. The zero-order valence-corrected chi connectivity index (χ0v) is 11.9. The summed E-state index contributed by atoms with van der Waals surface area (Å²) in [6, 6.07) is 6.83. The Labute approximate surface area is 129 Å². The van der Waals surface area contributed by atoms with Crippen LogP contribution < -0.4 is 10.8 Å². The van der Waals surface area contributed by atoms with Crippen molar-refractivity contribution in [2.45, 2.75) is 0 Å². The van der Waals surface area contributed by atoms with Crippen molar-refractivity contribution in [3.63, 3.8) is 0 Å². The number of benzene rings is 2. The van der Waals surface area contributed by atoms with Gasteiger partial charge in [-0.3, -0.25) is 15.1 Å². The van der Waals surface area contributed by atoms with Crippen molar-refractivity contribution >= 4 is 46.5 Å².